The molecule has 8 heteroatoms. The number of nitrogens with one attached hydrogen (secondary N) is 1. The molecule has 3 rings (SSSR count). The highest BCUT2D eigenvalue weighted by Crippen LogP contribution is 2.29. The van der Waals surface area contributed by atoms with Gasteiger partial charge < -0.3 is 4.74 Å². The lowest BCUT2D eigenvalue weighted by atomic mass is 10.1. The average molecular weight is 377 g/mol. The summed E-state index contributed by atoms with van der Waals surface area (Å²) in [5.41, 5.74) is 1.52. The van der Waals surface area contributed by atoms with Gasteiger partial charge in [-0.15, -0.1) is 11.3 Å². The first-order chi connectivity index (χ1) is 12.0. The van der Waals surface area contributed by atoms with Crippen LogP contribution in [0.2, 0.25) is 0 Å². The van der Waals surface area contributed by atoms with Crippen molar-refractivity contribution < 1.29 is 13.2 Å². The summed E-state index contributed by atoms with van der Waals surface area (Å²) in [4.78, 5) is 1.03. The molecule has 0 saturated carbocycles. The zero-order valence-electron chi connectivity index (χ0n) is 14.0. The second-order valence-electron chi connectivity index (χ2n) is 5.49. The molecular weight excluding hydrogens is 358 g/mol. The molecule has 0 spiro atoms. The van der Waals surface area contributed by atoms with Crippen LogP contribution in [0.5, 0.6) is 5.75 Å². The van der Waals surface area contributed by atoms with Gasteiger partial charge in [-0.25, -0.2) is 13.1 Å². The van der Waals surface area contributed by atoms with E-state index >= 15 is 0 Å². The van der Waals surface area contributed by atoms with Crippen LogP contribution in [0.4, 0.5) is 0 Å². The Morgan fingerprint density at radius 1 is 1.24 bits per heavy atom. The van der Waals surface area contributed by atoms with Crippen LogP contribution in [0.25, 0.3) is 10.6 Å². The molecule has 0 saturated heterocycles. The third-order valence-corrected chi connectivity index (χ3v) is 6.04. The molecule has 0 bridgehead atoms. The molecular formula is C17H19N3O3S2. The predicted octanol–water partition coefficient (Wildman–Crippen LogP) is 2.68. The lowest BCUT2D eigenvalue weighted by Gasteiger charge is -2.07. The van der Waals surface area contributed by atoms with Crippen LogP contribution in [0.3, 0.4) is 0 Å². The maximum absolute atomic E-state index is 12.7. The number of aromatic nitrogens is 2. The van der Waals surface area contributed by atoms with E-state index < -0.39 is 10.0 Å². The van der Waals surface area contributed by atoms with E-state index in [0.29, 0.717) is 18.7 Å². The second kappa shape index (κ2) is 7.38. The van der Waals surface area contributed by atoms with Gasteiger partial charge in [-0.3, -0.25) is 4.68 Å². The quantitative estimate of drug-likeness (QED) is 0.687. The molecule has 2 aromatic heterocycles. The van der Waals surface area contributed by atoms with Crippen LogP contribution < -0.4 is 9.46 Å². The van der Waals surface area contributed by atoms with Crippen molar-refractivity contribution in [3.05, 3.63) is 53.5 Å². The van der Waals surface area contributed by atoms with Crippen molar-refractivity contribution in [2.75, 3.05) is 13.7 Å². The Balaban J connectivity index is 1.72. The zero-order valence-corrected chi connectivity index (χ0v) is 15.6. The van der Waals surface area contributed by atoms with E-state index in [1.165, 1.54) is 22.2 Å². The van der Waals surface area contributed by atoms with Gasteiger partial charge in [0.15, 0.2) is 0 Å². The third-order valence-electron chi connectivity index (χ3n) is 3.70. The first-order valence-corrected chi connectivity index (χ1v) is 10.1. The number of benzene rings is 1. The van der Waals surface area contributed by atoms with Crippen molar-refractivity contribution >= 4 is 21.4 Å². The van der Waals surface area contributed by atoms with Crippen LogP contribution in [0, 0.1) is 0 Å². The Kier molecular flexibility index (Phi) is 5.22. The molecule has 25 heavy (non-hydrogen) atoms. The molecule has 132 valence electrons. The van der Waals surface area contributed by atoms with Crippen LogP contribution in [-0.2, 0) is 23.5 Å². The topological polar surface area (TPSA) is 73.2 Å². The monoisotopic (exact) mass is 377 g/mol. The van der Waals surface area contributed by atoms with E-state index in [1.807, 2.05) is 41.8 Å². The summed E-state index contributed by atoms with van der Waals surface area (Å²) < 4.78 is 34.6. The van der Waals surface area contributed by atoms with E-state index in [9.17, 15) is 8.42 Å². The molecule has 0 aliphatic carbocycles. The molecule has 0 unspecified atom stereocenters. The van der Waals surface area contributed by atoms with Gasteiger partial charge in [0, 0.05) is 19.8 Å². The van der Waals surface area contributed by atoms with Crippen LogP contribution in [-0.4, -0.2) is 31.9 Å². The summed E-state index contributed by atoms with van der Waals surface area (Å²) in [6, 6.07) is 11.3. The fourth-order valence-corrected chi connectivity index (χ4v) is 4.46. The fourth-order valence-electron chi connectivity index (χ4n) is 2.45. The minimum atomic E-state index is -3.63. The molecule has 1 N–H and O–H groups in total. The first-order valence-electron chi connectivity index (χ1n) is 7.70. The lowest BCUT2D eigenvalue weighted by Crippen LogP contribution is -2.26. The van der Waals surface area contributed by atoms with E-state index in [2.05, 4.69) is 9.82 Å². The molecule has 0 amide bonds. The maximum Gasteiger partial charge on any atom is 0.244 e. The highest BCUT2D eigenvalue weighted by atomic mass is 32.2. The number of hydrogen-bond donors (Lipinski definition) is 1. The summed E-state index contributed by atoms with van der Waals surface area (Å²) in [5, 5.41) is 6.20. The normalized spacial score (nSPS) is 11.6. The summed E-state index contributed by atoms with van der Waals surface area (Å²) >= 11 is 1.46. The van der Waals surface area contributed by atoms with Gasteiger partial charge in [0.1, 0.15) is 16.3 Å². The van der Waals surface area contributed by atoms with Gasteiger partial charge in [-0.05, 0) is 35.6 Å². The molecule has 0 fully saturated rings. The van der Waals surface area contributed by atoms with E-state index in [-0.39, 0.29) is 4.90 Å². The summed E-state index contributed by atoms with van der Waals surface area (Å²) in [6.07, 6.45) is 2.13. The highest BCUT2D eigenvalue weighted by Gasteiger charge is 2.23. The number of thiophene rings is 1. The summed E-state index contributed by atoms with van der Waals surface area (Å²) in [6.45, 7) is 0.313. The van der Waals surface area contributed by atoms with Gasteiger partial charge in [-0.1, -0.05) is 18.2 Å². The smallest absolute Gasteiger partial charge is 0.244 e. The number of nitrogens with zero attached hydrogens (tertiary/aromatic N) is 2. The van der Waals surface area contributed by atoms with Crippen molar-refractivity contribution in [3.8, 4) is 16.3 Å². The van der Waals surface area contributed by atoms with E-state index in [0.717, 1.165) is 16.2 Å². The lowest BCUT2D eigenvalue weighted by molar-refractivity contribution is 0.414. The zero-order chi connectivity index (χ0) is 17.9. The van der Waals surface area contributed by atoms with Crippen molar-refractivity contribution in [3.63, 3.8) is 0 Å². The number of aryl methyl sites for hydroxylation is 1. The van der Waals surface area contributed by atoms with Crippen LogP contribution in [0.1, 0.15) is 5.56 Å². The van der Waals surface area contributed by atoms with Crippen molar-refractivity contribution in [1.82, 2.24) is 14.5 Å². The van der Waals surface area contributed by atoms with Gasteiger partial charge in [0.05, 0.1) is 12.0 Å². The molecule has 0 atom stereocenters. The third kappa shape index (κ3) is 4.09. The highest BCUT2D eigenvalue weighted by molar-refractivity contribution is 7.89. The largest absolute Gasteiger partial charge is 0.497 e. The number of methoxy groups -OCH3 is 1. The SMILES string of the molecule is COc1ccc(CCNS(=O)(=O)c2cn(C)nc2-c2cccs2)cc1. The number of rotatable bonds is 7. The van der Waals surface area contributed by atoms with Crippen LogP contribution >= 0.6 is 11.3 Å². The van der Waals surface area contributed by atoms with Gasteiger partial charge >= 0.3 is 0 Å². The number of sulfonamides is 1. The molecule has 0 aliphatic heterocycles. The van der Waals surface area contributed by atoms with E-state index in [1.54, 1.807) is 14.2 Å². The Morgan fingerprint density at radius 2 is 2.00 bits per heavy atom. The fraction of sp³-hybridized carbons (Fsp3) is 0.235. The van der Waals surface area contributed by atoms with Crippen LogP contribution in [0.15, 0.2) is 52.9 Å². The Labute approximate surface area is 151 Å². The number of ether oxygens (including phenoxy) is 1. The second-order valence-corrected chi connectivity index (χ2v) is 8.17. The van der Waals surface area contributed by atoms with Gasteiger partial charge in [0.25, 0.3) is 0 Å². The van der Waals surface area contributed by atoms with Crippen molar-refractivity contribution in [1.29, 1.82) is 0 Å². The molecule has 6 nitrogen and oxygen atoms in total. The minimum absolute atomic E-state index is 0.201. The van der Waals surface area contributed by atoms with Crippen molar-refractivity contribution in [2.45, 2.75) is 11.3 Å². The average Bonchev–Trinajstić information content (AvgIpc) is 3.24. The molecule has 0 radical (unpaired) electrons. The summed E-state index contributed by atoms with van der Waals surface area (Å²) in [7, 11) is -0.301. The van der Waals surface area contributed by atoms with Gasteiger partial charge in [0.2, 0.25) is 10.0 Å². The number of hydrogen-bond acceptors (Lipinski definition) is 5. The molecule has 1 aromatic carbocycles. The molecule has 0 aliphatic rings. The minimum Gasteiger partial charge on any atom is -0.497 e. The molecule has 2 heterocycles. The summed E-state index contributed by atoms with van der Waals surface area (Å²) in [5.74, 6) is 0.778. The van der Waals surface area contributed by atoms with Crippen molar-refractivity contribution in [2.24, 2.45) is 7.05 Å². The Morgan fingerprint density at radius 3 is 2.64 bits per heavy atom. The van der Waals surface area contributed by atoms with E-state index in [4.69, 9.17) is 4.74 Å². The van der Waals surface area contributed by atoms with Gasteiger partial charge in [-0.2, -0.15) is 5.10 Å². The Hall–Kier alpha value is -2.16. The Bertz CT molecular complexity index is 930. The molecule has 3 aromatic rings. The first kappa shape index (κ1) is 17.7. The predicted molar refractivity (Wildman–Crippen MR) is 98.4 cm³/mol. The standard InChI is InChI=1S/C17H19N3O3S2/c1-20-12-16(17(19-20)15-4-3-11-24-15)25(21,22)18-10-9-13-5-7-14(23-2)8-6-13/h3-8,11-12,18H,9-10H2,1-2H3. The maximum atomic E-state index is 12.7.